The number of hydrogen-bond acceptors (Lipinski definition) is 3. The summed E-state index contributed by atoms with van der Waals surface area (Å²) < 4.78 is 31.3. The van der Waals surface area contributed by atoms with Crippen molar-refractivity contribution >= 4 is 32.3 Å². The molecule has 0 atom stereocenters. The van der Waals surface area contributed by atoms with Gasteiger partial charge in [0.1, 0.15) is 0 Å². The van der Waals surface area contributed by atoms with Crippen molar-refractivity contribution in [2.24, 2.45) is 4.99 Å². The molecule has 0 saturated carbocycles. The standard InChI is InChI=1S/C16H13NO3S/c18-21(19,20)16-9-7-12-10-15(8-6-13(12)11-16)17-14-4-2-1-3-5-14/h2-11H,1H2,(H,18,19,20). The fraction of sp³-hybridized carbons (Fsp3) is 0.0625. The SMILES string of the molecule is O=S(=O)(O)c1ccc2cc(N=C3C=CCC=C3)ccc2c1. The van der Waals surface area contributed by atoms with Crippen molar-refractivity contribution in [1.82, 2.24) is 0 Å². The zero-order valence-electron chi connectivity index (χ0n) is 11.1. The molecule has 5 heteroatoms. The summed E-state index contributed by atoms with van der Waals surface area (Å²) in [6.07, 6.45) is 8.93. The molecule has 0 spiro atoms. The first kappa shape index (κ1) is 13.7. The molecule has 2 aromatic rings. The Hall–Kier alpha value is -2.24. The molecule has 1 aliphatic carbocycles. The third-order valence-corrected chi connectivity index (χ3v) is 4.05. The zero-order valence-corrected chi connectivity index (χ0v) is 11.9. The van der Waals surface area contributed by atoms with Crippen LogP contribution in [-0.4, -0.2) is 18.7 Å². The Labute approximate surface area is 122 Å². The summed E-state index contributed by atoms with van der Waals surface area (Å²) in [5.41, 5.74) is 1.68. The molecule has 21 heavy (non-hydrogen) atoms. The normalized spacial score (nSPS) is 14.6. The summed E-state index contributed by atoms with van der Waals surface area (Å²) in [6, 6.07) is 9.98. The topological polar surface area (TPSA) is 66.7 Å². The van der Waals surface area contributed by atoms with Gasteiger partial charge >= 0.3 is 0 Å². The van der Waals surface area contributed by atoms with Crippen LogP contribution in [0.5, 0.6) is 0 Å². The highest BCUT2D eigenvalue weighted by Crippen LogP contribution is 2.24. The molecule has 3 rings (SSSR count). The first-order chi connectivity index (χ1) is 10.0. The Bertz CT molecular complexity index is 879. The molecule has 4 nitrogen and oxygen atoms in total. The Morgan fingerprint density at radius 2 is 1.62 bits per heavy atom. The molecule has 1 N–H and O–H groups in total. The lowest BCUT2D eigenvalue weighted by molar-refractivity contribution is 0.483. The van der Waals surface area contributed by atoms with E-state index in [0.717, 1.165) is 28.6 Å². The Morgan fingerprint density at radius 1 is 0.952 bits per heavy atom. The van der Waals surface area contributed by atoms with E-state index in [0.29, 0.717) is 0 Å². The van der Waals surface area contributed by atoms with Crippen LogP contribution in [0.4, 0.5) is 5.69 Å². The van der Waals surface area contributed by atoms with Gasteiger partial charge in [-0.2, -0.15) is 8.42 Å². The molecule has 2 aromatic carbocycles. The lowest BCUT2D eigenvalue weighted by Gasteiger charge is -2.04. The molecule has 0 saturated heterocycles. The summed E-state index contributed by atoms with van der Waals surface area (Å²) in [4.78, 5) is 4.41. The van der Waals surface area contributed by atoms with Crippen LogP contribution >= 0.6 is 0 Å². The summed E-state index contributed by atoms with van der Waals surface area (Å²) in [7, 11) is -4.17. The summed E-state index contributed by atoms with van der Waals surface area (Å²) in [5.74, 6) is 0. The van der Waals surface area contributed by atoms with Crippen LogP contribution in [0.25, 0.3) is 10.8 Å². The monoisotopic (exact) mass is 299 g/mol. The van der Waals surface area contributed by atoms with Gasteiger partial charge in [0.15, 0.2) is 0 Å². The van der Waals surface area contributed by atoms with E-state index >= 15 is 0 Å². The lowest BCUT2D eigenvalue weighted by Crippen LogP contribution is -1.97. The maximum absolute atomic E-state index is 11.1. The number of rotatable bonds is 2. The molecule has 0 radical (unpaired) electrons. The van der Waals surface area contributed by atoms with E-state index in [-0.39, 0.29) is 4.90 Å². The predicted molar refractivity (Wildman–Crippen MR) is 83.8 cm³/mol. The van der Waals surface area contributed by atoms with Crippen molar-refractivity contribution in [3.8, 4) is 0 Å². The molecular formula is C16H13NO3S. The molecule has 0 aromatic heterocycles. The molecule has 0 aliphatic heterocycles. The van der Waals surface area contributed by atoms with E-state index in [4.69, 9.17) is 4.55 Å². The maximum Gasteiger partial charge on any atom is 0.294 e. The fourth-order valence-electron chi connectivity index (χ4n) is 2.18. The Balaban J connectivity index is 2.03. The number of fused-ring (bicyclic) bond motifs is 1. The second kappa shape index (κ2) is 5.27. The van der Waals surface area contributed by atoms with Crippen molar-refractivity contribution in [2.75, 3.05) is 0 Å². The number of benzene rings is 2. The van der Waals surface area contributed by atoms with Crippen molar-refractivity contribution in [3.05, 3.63) is 60.7 Å². The van der Waals surface area contributed by atoms with Gasteiger partial charge in [0.05, 0.1) is 16.3 Å². The lowest BCUT2D eigenvalue weighted by atomic mass is 10.1. The third kappa shape index (κ3) is 3.09. The van der Waals surface area contributed by atoms with Gasteiger partial charge in [-0.3, -0.25) is 4.55 Å². The van der Waals surface area contributed by atoms with Gasteiger partial charge in [-0.15, -0.1) is 0 Å². The number of hydrogen-bond donors (Lipinski definition) is 1. The predicted octanol–water partition coefficient (Wildman–Crippen LogP) is 3.68. The van der Waals surface area contributed by atoms with Crippen molar-refractivity contribution in [2.45, 2.75) is 11.3 Å². The quantitative estimate of drug-likeness (QED) is 0.860. The number of nitrogens with zero attached hydrogens (tertiary/aromatic N) is 1. The Morgan fingerprint density at radius 3 is 2.33 bits per heavy atom. The highest BCUT2D eigenvalue weighted by Gasteiger charge is 2.09. The molecule has 1 aliphatic rings. The average Bonchev–Trinajstić information content (AvgIpc) is 2.47. The molecular weight excluding hydrogens is 286 g/mol. The van der Waals surface area contributed by atoms with Gasteiger partial charge in [-0.25, -0.2) is 4.99 Å². The van der Waals surface area contributed by atoms with E-state index in [1.165, 1.54) is 12.1 Å². The van der Waals surface area contributed by atoms with Crippen LogP contribution in [0, 0.1) is 0 Å². The van der Waals surface area contributed by atoms with Gasteiger partial charge in [-0.1, -0.05) is 24.3 Å². The van der Waals surface area contributed by atoms with E-state index in [1.807, 2.05) is 36.4 Å². The van der Waals surface area contributed by atoms with Crippen LogP contribution in [0.15, 0.2) is 70.6 Å². The zero-order chi connectivity index (χ0) is 14.9. The minimum absolute atomic E-state index is 0.104. The van der Waals surface area contributed by atoms with Crippen LogP contribution < -0.4 is 0 Å². The summed E-state index contributed by atoms with van der Waals surface area (Å²) in [5, 5.41) is 1.61. The first-order valence-corrected chi connectivity index (χ1v) is 7.89. The Kier molecular flexibility index (Phi) is 3.45. The van der Waals surface area contributed by atoms with Crippen molar-refractivity contribution < 1.29 is 13.0 Å². The van der Waals surface area contributed by atoms with Crippen molar-refractivity contribution in [1.29, 1.82) is 0 Å². The average molecular weight is 299 g/mol. The van der Waals surface area contributed by atoms with Crippen molar-refractivity contribution in [3.63, 3.8) is 0 Å². The molecule has 0 amide bonds. The minimum Gasteiger partial charge on any atom is -0.282 e. The van der Waals surface area contributed by atoms with Crippen LogP contribution in [0.3, 0.4) is 0 Å². The largest absolute Gasteiger partial charge is 0.294 e. The third-order valence-electron chi connectivity index (χ3n) is 3.20. The number of aliphatic imine (C=N–C) groups is 1. The van der Waals surface area contributed by atoms with Gasteiger partial charge in [0, 0.05) is 0 Å². The highest BCUT2D eigenvalue weighted by atomic mass is 32.2. The molecule has 0 heterocycles. The van der Waals surface area contributed by atoms with E-state index in [2.05, 4.69) is 4.99 Å². The number of allylic oxidation sites excluding steroid dienone is 4. The van der Waals surface area contributed by atoms with Crippen LogP contribution in [0.1, 0.15) is 6.42 Å². The van der Waals surface area contributed by atoms with E-state index in [1.54, 1.807) is 12.1 Å². The van der Waals surface area contributed by atoms with E-state index in [9.17, 15) is 8.42 Å². The fourth-order valence-corrected chi connectivity index (χ4v) is 2.69. The first-order valence-electron chi connectivity index (χ1n) is 6.45. The van der Waals surface area contributed by atoms with Crippen LogP contribution in [0.2, 0.25) is 0 Å². The second-order valence-corrected chi connectivity index (χ2v) is 6.17. The molecule has 0 unspecified atom stereocenters. The van der Waals surface area contributed by atoms with Gasteiger partial charge in [-0.05, 0) is 53.6 Å². The molecule has 0 bridgehead atoms. The second-order valence-electron chi connectivity index (χ2n) is 4.75. The summed E-state index contributed by atoms with van der Waals surface area (Å²) in [6.45, 7) is 0. The highest BCUT2D eigenvalue weighted by molar-refractivity contribution is 7.85. The van der Waals surface area contributed by atoms with Gasteiger partial charge in [0.25, 0.3) is 10.1 Å². The summed E-state index contributed by atoms with van der Waals surface area (Å²) >= 11 is 0. The van der Waals surface area contributed by atoms with E-state index < -0.39 is 10.1 Å². The van der Waals surface area contributed by atoms with Gasteiger partial charge < -0.3 is 0 Å². The molecule has 106 valence electrons. The van der Waals surface area contributed by atoms with Gasteiger partial charge in [0.2, 0.25) is 0 Å². The van der Waals surface area contributed by atoms with Crippen LogP contribution in [-0.2, 0) is 10.1 Å². The maximum atomic E-state index is 11.1. The smallest absolute Gasteiger partial charge is 0.282 e. The minimum atomic E-state index is -4.17. The molecule has 0 fully saturated rings.